The third-order valence-electron chi connectivity index (χ3n) is 6.62. The van der Waals surface area contributed by atoms with Gasteiger partial charge in [0, 0.05) is 52.2 Å². The highest BCUT2D eigenvalue weighted by atomic mass is 35.5. The Hall–Kier alpha value is -2.12. The van der Waals surface area contributed by atoms with Gasteiger partial charge >= 0.3 is 0 Å². The molecule has 0 spiro atoms. The molecule has 3 fully saturated rings. The maximum atomic E-state index is 13.0. The summed E-state index contributed by atoms with van der Waals surface area (Å²) in [5.74, 6) is -0.165. The number of anilines is 1. The second kappa shape index (κ2) is 10.0. The van der Waals surface area contributed by atoms with E-state index >= 15 is 0 Å². The third kappa shape index (κ3) is 5.21. The number of hydrogen-bond acceptors (Lipinski definition) is 4. The molecule has 0 aromatic heterocycles. The summed E-state index contributed by atoms with van der Waals surface area (Å²) in [5.41, 5.74) is 0.668. The molecule has 0 saturated carbocycles. The van der Waals surface area contributed by atoms with E-state index in [-0.39, 0.29) is 30.1 Å². The minimum atomic E-state index is -0.339. The molecule has 168 valence electrons. The third-order valence-corrected chi connectivity index (χ3v) is 6.94. The van der Waals surface area contributed by atoms with Crippen molar-refractivity contribution in [2.45, 2.75) is 32.1 Å². The van der Waals surface area contributed by atoms with Crippen LogP contribution in [0.4, 0.5) is 5.69 Å². The molecule has 0 N–H and O–H groups in total. The molecule has 4 rings (SSSR count). The molecule has 7 nitrogen and oxygen atoms in total. The summed E-state index contributed by atoms with van der Waals surface area (Å²) in [6.45, 7) is 5.13. The van der Waals surface area contributed by atoms with E-state index in [0.29, 0.717) is 50.0 Å². The first-order valence-electron chi connectivity index (χ1n) is 11.4. The standard InChI is InChI=1S/C23H31ClN4O3/c24-19-7-3-4-8-20(19)28-16-18(15-21(28)29)23(31)27-13-11-25(12-14-27)17-22(30)26-9-5-1-2-6-10-26/h3-4,7-8,18H,1-2,5-6,9-17H2. The van der Waals surface area contributed by atoms with E-state index in [0.717, 1.165) is 25.9 Å². The van der Waals surface area contributed by atoms with Gasteiger partial charge in [-0.2, -0.15) is 0 Å². The summed E-state index contributed by atoms with van der Waals surface area (Å²) in [6.07, 6.45) is 4.83. The van der Waals surface area contributed by atoms with Crippen molar-refractivity contribution in [1.29, 1.82) is 0 Å². The number of carbonyl (C=O) groups excluding carboxylic acids is 3. The number of para-hydroxylation sites is 1. The van der Waals surface area contributed by atoms with Gasteiger partial charge in [0.15, 0.2) is 0 Å². The quantitative estimate of drug-likeness (QED) is 0.711. The molecule has 31 heavy (non-hydrogen) atoms. The van der Waals surface area contributed by atoms with Crippen molar-refractivity contribution in [3.8, 4) is 0 Å². The normalized spacial score (nSPS) is 23.2. The maximum Gasteiger partial charge on any atom is 0.236 e. The van der Waals surface area contributed by atoms with Gasteiger partial charge in [-0.1, -0.05) is 36.6 Å². The maximum absolute atomic E-state index is 13.0. The summed E-state index contributed by atoms with van der Waals surface area (Å²) in [6, 6.07) is 7.24. The van der Waals surface area contributed by atoms with Gasteiger partial charge in [-0.25, -0.2) is 0 Å². The first-order chi connectivity index (χ1) is 15.0. The van der Waals surface area contributed by atoms with Crippen LogP contribution in [0.15, 0.2) is 24.3 Å². The lowest BCUT2D eigenvalue weighted by atomic mass is 10.1. The van der Waals surface area contributed by atoms with E-state index in [1.807, 2.05) is 28.0 Å². The van der Waals surface area contributed by atoms with E-state index in [4.69, 9.17) is 11.6 Å². The number of carbonyl (C=O) groups is 3. The summed E-state index contributed by atoms with van der Waals surface area (Å²) in [4.78, 5) is 45.8. The van der Waals surface area contributed by atoms with Crippen molar-refractivity contribution in [3.05, 3.63) is 29.3 Å². The second-order valence-corrected chi connectivity index (χ2v) is 9.16. The SMILES string of the molecule is O=C(CN1CCN(C(=O)C2CC(=O)N(c3ccccc3Cl)C2)CC1)N1CCCCCC1. The van der Waals surface area contributed by atoms with Gasteiger partial charge < -0.3 is 14.7 Å². The fourth-order valence-corrected chi connectivity index (χ4v) is 5.01. The van der Waals surface area contributed by atoms with Gasteiger partial charge in [0.2, 0.25) is 17.7 Å². The zero-order valence-corrected chi connectivity index (χ0v) is 18.7. The second-order valence-electron chi connectivity index (χ2n) is 8.75. The van der Waals surface area contributed by atoms with Crippen molar-refractivity contribution in [1.82, 2.24) is 14.7 Å². The molecule has 3 heterocycles. The number of amides is 3. The lowest BCUT2D eigenvalue weighted by Crippen LogP contribution is -2.53. The molecule has 1 atom stereocenters. The number of rotatable bonds is 4. The highest BCUT2D eigenvalue weighted by Gasteiger charge is 2.38. The molecule has 3 amide bonds. The molecule has 8 heteroatoms. The summed E-state index contributed by atoms with van der Waals surface area (Å²) < 4.78 is 0. The number of likely N-dealkylation sites (tertiary alicyclic amines) is 1. The Bertz CT molecular complexity index is 817. The highest BCUT2D eigenvalue weighted by Crippen LogP contribution is 2.31. The number of hydrogen-bond donors (Lipinski definition) is 0. The monoisotopic (exact) mass is 446 g/mol. The van der Waals surface area contributed by atoms with E-state index in [9.17, 15) is 14.4 Å². The van der Waals surface area contributed by atoms with Crippen molar-refractivity contribution < 1.29 is 14.4 Å². The van der Waals surface area contributed by atoms with Gasteiger partial charge in [-0.15, -0.1) is 0 Å². The largest absolute Gasteiger partial charge is 0.342 e. The molecule has 1 aromatic rings. The Morgan fingerprint density at radius 3 is 2.26 bits per heavy atom. The average molecular weight is 447 g/mol. The van der Waals surface area contributed by atoms with Crippen LogP contribution in [0.2, 0.25) is 5.02 Å². The van der Waals surface area contributed by atoms with Gasteiger partial charge in [-0.3, -0.25) is 19.3 Å². The molecule has 1 aromatic carbocycles. The number of halogens is 1. The highest BCUT2D eigenvalue weighted by molar-refractivity contribution is 6.33. The lowest BCUT2D eigenvalue weighted by Gasteiger charge is -2.36. The minimum absolute atomic E-state index is 0.0291. The predicted molar refractivity (Wildman–Crippen MR) is 120 cm³/mol. The van der Waals surface area contributed by atoms with Crippen LogP contribution in [-0.2, 0) is 14.4 Å². The Morgan fingerprint density at radius 2 is 1.58 bits per heavy atom. The van der Waals surface area contributed by atoms with Crippen LogP contribution in [0.5, 0.6) is 0 Å². The Balaban J connectivity index is 1.27. The number of benzene rings is 1. The molecule has 0 aliphatic carbocycles. The van der Waals surface area contributed by atoms with E-state index < -0.39 is 0 Å². The predicted octanol–water partition coefficient (Wildman–Crippen LogP) is 2.24. The smallest absolute Gasteiger partial charge is 0.236 e. The lowest BCUT2D eigenvalue weighted by molar-refractivity contribution is -0.138. The zero-order chi connectivity index (χ0) is 21.8. The van der Waals surface area contributed by atoms with Crippen LogP contribution >= 0.6 is 11.6 Å². The fraction of sp³-hybridized carbons (Fsp3) is 0.609. The first-order valence-corrected chi connectivity index (χ1v) is 11.7. The van der Waals surface area contributed by atoms with E-state index in [1.165, 1.54) is 12.8 Å². The topological polar surface area (TPSA) is 64.2 Å². The fourth-order valence-electron chi connectivity index (χ4n) is 4.77. The van der Waals surface area contributed by atoms with Crippen molar-refractivity contribution >= 4 is 35.0 Å². The van der Waals surface area contributed by atoms with Crippen LogP contribution in [0.3, 0.4) is 0 Å². The molecule has 3 aliphatic rings. The van der Waals surface area contributed by atoms with Crippen LogP contribution < -0.4 is 4.90 Å². The van der Waals surface area contributed by atoms with Crippen molar-refractivity contribution in [2.75, 3.05) is 57.3 Å². The molecular formula is C23H31ClN4O3. The first kappa shape index (κ1) is 22.1. The molecule has 0 radical (unpaired) electrons. The zero-order valence-electron chi connectivity index (χ0n) is 18.0. The molecule has 0 bridgehead atoms. The minimum Gasteiger partial charge on any atom is -0.342 e. The molecule has 1 unspecified atom stereocenters. The summed E-state index contributed by atoms with van der Waals surface area (Å²) >= 11 is 6.24. The van der Waals surface area contributed by atoms with Crippen LogP contribution in [0.25, 0.3) is 0 Å². The number of piperazine rings is 1. The van der Waals surface area contributed by atoms with Crippen LogP contribution in [0.1, 0.15) is 32.1 Å². The van der Waals surface area contributed by atoms with Crippen LogP contribution in [0, 0.1) is 5.92 Å². The van der Waals surface area contributed by atoms with Crippen molar-refractivity contribution in [3.63, 3.8) is 0 Å². The summed E-state index contributed by atoms with van der Waals surface area (Å²) in [7, 11) is 0. The Kier molecular flexibility index (Phi) is 7.13. The van der Waals surface area contributed by atoms with Gasteiger partial charge in [0.25, 0.3) is 0 Å². The number of nitrogens with zero attached hydrogens (tertiary/aromatic N) is 4. The Labute approximate surface area is 188 Å². The Morgan fingerprint density at radius 1 is 0.903 bits per heavy atom. The van der Waals surface area contributed by atoms with E-state index in [1.54, 1.807) is 11.0 Å². The van der Waals surface area contributed by atoms with Gasteiger partial charge in [0.05, 0.1) is 23.2 Å². The van der Waals surface area contributed by atoms with Gasteiger partial charge in [-0.05, 0) is 25.0 Å². The molecule has 3 saturated heterocycles. The molecule has 3 aliphatic heterocycles. The molecular weight excluding hydrogens is 416 g/mol. The van der Waals surface area contributed by atoms with Crippen molar-refractivity contribution in [2.24, 2.45) is 5.92 Å². The average Bonchev–Trinajstić information content (AvgIpc) is 2.98. The van der Waals surface area contributed by atoms with E-state index in [2.05, 4.69) is 4.90 Å². The van der Waals surface area contributed by atoms with Gasteiger partial charge in [0.1, 0.15) is 0 Å². The summed E-state index contributed by atoms with van der Waals surface area (Å²) in [5, 5.41) is 0.520. The van der Waals surface area contributed by atoms with Crippen LogP contribution in [-0.4, -0.2) is 84.8 Å².